The quantitative estimate of drug-likeness (QED) is 0.540. The molecule has 0 heterocycles. The van der Waals surface area contributed by atoms with Crippen LogP contribution in [-0.2, 0) is 0 Å². The molecule has 2 aliphatic carbocycles. The fourth-order valence-electron chi connectivity index (χ4n) is 4.81. The first-order valence-electron chi connectivity index (χ1n) is 8.93. The predicted octanol–water partition coefficient (Wildman–Crippen LogP) is 6.64. The first kappa shape index (κ1) is 17.6. The van der Waals surface area contributed by atoms with Gasteiger partial charge in [0.15, 0.2) is 0 Å². The molecule has 0 amide bonds. The Labute approximate surface area is 134 Å². The van der Waals surface area contributed by atoms with Crippen LogP contribution in [0.25, 0.3) is 0 Å². The van der Waals surface area contributed by atoms with E-state index in [2.05, 4.69) is 6.92 Å². The number of thiol groups is 1. The molecule has 0 bridgehead atoms. The van der Waals surface area contributed by atoms with E-state index < -0.39 is 11.3 Å². The van der Waals surface area contributed by atoms with E-state index in [1.165, 1.54) is 19.3 Å². The molecule has 0 aromatic rings. The fraction of sp³-hybridized carbons (Fsp3) is 1.00. The lowest BCUT2D eigenvalue weighted by Gasteiger charge is -2.48. The molecule has 0 aromatic carbocycles. The van der Waals surface area contributed by atoms with Gasteiger partial charge in [-0.05, 0) is 44.9 Å². The van der Waals surface area contributed by atoms with Crippen LogP contribution >= 0.6 is 12.6 Å². The van der Waals surface area contributed by atoms with Gasteiger partial charge in [0.2, 0.25) is 0 Å². The Hall–Kier alpha value is 0.210. The third-order valence-electron chi connectivity index (χ3n) is 6.35. The molecule has 124 valence electrons. The van der Waals surface area contributed by atoms with E-state index in [1.807, 2.05) is 0 Å². The summed E-state index contributed by atoms with van der Waals surface area (Å²) in [7, 11) is 0. The smallest absolute Gasteiger partial charge is 0.207 e. The van der Waals surface area contributed by atoms with Crippen molar-refractivity contribution in [1.29, 1.82) is 0 Å². The van der Waals surface area contributed by atoms with Crippen LogP contribution < -0.4 is 0 Å². The molecule has 0 aromatic heterocycles. The van der Waals surface area contributed by atoms with Crippen molar-refractivity contribution in [2.75, 3.05) is 0 Å². The van der Waals surface area contributed by atoms with E-state index in [4.69, 9.17) is 12.6 Å². The second-order valence-corrected chi connectivity index (χ2v) is 8.59. The van der Waals surface area contributed by atoms with Gasteiger partial charge in [0.05, 0.1) is 0 Å². The number of hydrogen-bond acceptors (Lipinski definition) is 1. The summed E-state index contributed by atoms with van der Waals surface area (Å²) in [5.74, 6) is -2.22. The molecule has 3 heteroatoms. The summed E-state index contributed by atoms with van der Waals surface area (Å²) in [6, 6.07) is 0. The molecule has 2 saturated carbocycles. The van der Waals surface area contributed by atoms with Gasteiger partial charge in [0.1, 0.15) is 0 Å². The highest BCUT2D eigenvalue weighted by molar-refractivity contribution is 7.81. The minimum absolute atomic E-state index is 0.00268. The van der Waals surface area contributed by atoms with Crippen molar-refractivity contribution in [1.82, 2.24) is 0 Å². The average molecular weight is 319 g/mol. The molecule has 0 spiro atoms. The largest absolute Gasteiger partial charge is 0.250 e. The first-order valence-corrected chi connectivity index (χ1v) is 9.38. The zero-order valence-corrected chi connectivity index (χ0v) is 14.7. The number of halogens is 2. The Morgan fingerprint density at radius 2 is 1.43 bits per heavy atom. The van der Waals surface area contributed by atoms with Gasteiger partial charge in [0.25, 0.3) is 5.92 Å². The van der Waals surface area contributed by atoms with E-state index in [0.717, 1.165) is 45.4 Å². The van der Waals surface area contributed by atoms with Gasteiger partial charge in [-0.2, -0.15) is 12.6 Å². The van der Waals surface area contributed by atoms with Crippen LogP contribution in [0.4, 0.5) is 8.78 Å². The number of hydrogen-bond donors (Lipinski definition) is 1. The lowest BCUT2D eigenvalue weighted by atomic mass is 9.62. The summed E-state index contributed by atoms with van der Waals surface area (Å²) in [6.45, 7) is 3.33. The zero-order valence-electron chi connectivity index (χ0n) is 13.8. The topological polar surface area (TPSA) is 0 Å². The first-order chi connectivity index (χ1) is 9.83. The van der Waals surface area contributed by atoms with E-state index in [1.54, 1.807) is 0 Å². The Balaban J connectivity index is 2.17. The van der Waals surface area contributed by atoms with Gasteiger partial charge in [-0.3, -0.25) is 0 Å². The molecule has 2 aliphatic rings. The lowest BCUT2D eigenvalue weighted by Crippen LogP contribution is -2.46. The molecular formula is C18H32F2S. The molecule has 0 aliphatic heterocycles. The summed E-state index contributed by atoms with van der Waals surface area (Å²) in [4.78, 5) is 0. The Morgan fingerprint density at radius 1 is 0.952 bits per heavy atom. The molecule has 2 fully saturated rings. The summed E-state index contributed by atoms with van der Waals surface area (Å²) < 4.78 is 28.9. The van der Waals surface area contributed by atoms with E-state index >= 15 is 0 Å². The molecule has 0 saturated heterocycles. The monoisotopic (exact) mass is 318 g/mol. The fourth-order valence-corrected chi connectivity index (χ4v) is 5.40. The van der Waals surface area contributed by atoms with Crippen molar-refractivity contribution in [2.24, 2.45) is 11.3 Å². The average Bonchev–Trinajstić information content (AvgIpc) is 2.45. The highest BCUT2D eigenvalue weighted by Gasteiger charge is 2.52. The van der Waals surface area contributed by atoms with E-state index in [-0.39, 0.29) is 4.75 Å². The highest BCUT2D eigenvalue weighted by atomic mass is 32.1. The van der Waals surface area contributed by atoms with Crippen molar-refractivity contribution in [3.8, 4) is 0 Å². The summed E-state index contributed by atoms with van der Waals surface area (Å²) in [6.07, 6.45) is 12.1. The second kappa shape index (κ2) is 6.76. The molecule has 1 atom stereocenters. The highest BCUT2D eigenvalue weighted by Crippen LogP contribution is 2.55. The molecule has 0 N–H and O–H groups in total. The summed E-state index contributed by atoms with van der Waals surface area (Å²) >= 11 is 5.01. The van der Waals surface area contributed by atoms with E-state index in [0.29, 0.717) is 25.2 Å². The summed E-state index contributed by atoms with van der Waals surface area (Å²) in [5, 5.41) is 0. The van der Waals surface area contributed by atoms with Crippen LogP contribution in [0, 0.1) is 11.3 Å². The molecule has 1 unspecified atom stereocenters. The van der Waals surface area contributed by atoms with Crippen LogP contribution in [0.15, 0.2) is 0 Å². The lowest BCUT2D eigenvalue weighted by molar-refractivity contribution is -0.138. The maximum Gasteiger partial charge on any atom is 0.250 e. The van der Waals surface area contributed by atoms with Crippen LogP contribution in [0.3, 0.4) is 0 Å². The Bertz CT molecular complexity index is 323. The molecule has 21 heavy (non-hydrogen) atoms. The molecule has 0 nitrogen and oxygen atoms in total. The van der Waals surface area contributed by atoms with Crippen LogP contribution in [0.5, 0.6) is 0 Å². The normalized spacial score (nSPS) is 27.3. The SMILES string of the molecule is CCC(CC1(C(C)(F)F)CCCCC1)C1(S)CCCCC1. The van der Waals surface area contributed by atoms with Gasteiger partial charge < -0.3 is 0 Å². The van der Waals surface area contributed by atoms with Crippen molar-refractivity contribution >= 4 is 12.6 Å². The Kier molecular flexibility index (Phi) is 5.66. The standard InChI is InChI=1S/C18H32F2S/c1-3-15(18(21)12-8-5-9-13-18)14-17(16(2,19)20)10-6-4-7-11-17/h15,21H,3-14H2,1-2H3. The molecular weight excluding hydrogens is 286 g/mol. The van der Waals surface area contributed by atoms with Gasteiger partial charge in [0, 0.05) is 10.2 Å². The van der Waals surface area contributed by atoms with Gasteiger partial charge in [-0.15, -0.1) is 0 Å². The maximum absolute atomic E-state index is 14.4. The van der Waals surface area contributed by atoms with Gasteiger partial charge in [-0.25, -0.2) is 8.78 Å². The van der Waals surface area contributed by atoms with Crippen molar-refractivity contribution < 1.29 is 8.78 Å². The van der Waals surface area contributed by atoms with Crippen LogP contribution in [-0.4, -0.2) is 10.7 Å². The van der Waals surface area contributed by atoms with Crippen LogP contribution in [0.1, 0.15) is 90.9 Å². The van der Waals surface area contributed by atoms with Crippen molar-refractivity contribution in [2.45, 2.75) is 102 Å². The third-order valence-corrected chi connectivity index (χ3v) is 7.16. The number of rotatable bonds is 5. The predicted molar refractivity (Wildman–Crippen MR) is 89.3 cm³/mol. The Morgan fingerprint density at radius 3 is 1.86 bits per heavy atom. The molecule has 0 radical (unpaired) electrons. The zero-order chi connectivity index (χ0) is 15.6. The van der Waals surface area contributed by atoms with Gasteiger partial charge >= 0.3 is 0 Å². The van der Waals surface area contributed by atoms with Gasteiger partial charge in [-0.1, -0.05) is 51.9 Å². The maximum atomic E-state index is 14.4. The summed E-state index contributed by atoms with van der Waals surface area (Å²) in [5.41, 5.74) is -0.765. The van der Waals surface area contributed by atoms with Crippen LogP contribution in [0.2, 0.25) is 0 Å². The van der Waals surface area contributed by atoms with E-state index in [9.17, 15) is 8.78 Å². The minimum atomic E-state index is -2.56. The molecule has 2 rings (SSSR count). The number of alkyl halides is 2. The van der Waals surface area contributed by atoms with Crippen molar-refractivity contribution in [3.63, 3.8) is 0 Å². The van der Waals surface area contributed by atoms with Crippen molar-refractivity contribution in [3.05, 3.63) is 0 Å². The third kappa shape index (κ3) is 3.76. The minimum Gasteiger partial charge on any atom is -0.207 e. The second-order valence-electron chi connectivity index (χ2n) is 7.70.